The minimum atomic E-state index is 0.447. The first kappa shape index (κ1) is 11.7. The fourth-order valence-electron chi connectivity index (χ4n) is 1.53. The van der Waals surface area contributed by atoms with Crippen LogP contribution in [0.1, 0.15) is 12.8 Å². The molecule has 0 spiro atoms. The Hall–Kier alpha value is -0.740. The number of thioether (sulfide) groups is 1. The average Bonchev–Trinajstić information content (AvgIpc) is 3.09. The van der Waals surface area contributed by atoms with Crippen LogP contribution in [0.3, 0.4) is 0 Å². The van der Waals surface area contributed by atoms with Crippen LogP contribution in [-0.2, 0) is 0 Å². The summed E-state index contributed by atoms with van der Waals surface area (Å²) < 4.78 is 0.447. The number of benzene rings is 1. The quantitative estimate of drug-likeness (QED) is 0.805. The third-order valence-electron chi connectivity index (χ3n) is 2.84. The number of rotatable bonds is 4. The van der Waals surface area contributed by atoms with Gasteiger partial charge >= 0.3 is 0 Å². The van der Waals surface area contributed by atoms with Crippen LogP contribution in [0.4, 0.5) is 5.69 Å². The molecule has 1 saturated carbocycles. The molecule has 0 bridgehead atoms. The van der Waals surface area contributed by atoms with Gasteiger partial charge in [0.05, 0.1) is 0 Å². The van der Waals surface area contributed by atoms with Gasteiger partial charge in [0.15, 0.2) is 5.11 Å². The molecule has 0 atom stereocenters. The van der Waals surface area contributed by atoms with Gasteiger partial charge in [0, 0.05) is 17.0 Å². The minimum Gasteiger partial charge on any atom is -0.361 e. The van der Waals surface area contributed by atoms with Crippen molar-refractivity contribution in [3.8, 4) is 0 Å². The topological polar surface area (TPSA) is 24.1 Å². The lowest BCUT2D eigenvalue weighted by Crippen LogP contribution is -2.34. The van der Waals surface area contributed by atoms with Gasteiger partial charge in [-0.2, -0.15) is 11.8 Å². The SMILES string of the molecule is CSC1(CNC(=S)Nc2ccccc2)CC1. The predicted octanol–water partition coefficient (Wildman–Crippen LogP) is 2.87. The van der Waals surface area contributed by atoms with Crippen LogP contribution < -0.4 is 10.6 Å². The average molecular weight is 252 g/mol. The van der Waals surface area contributed by atoms with Gasteiger partial charge in [-0.3, -0.25) is 0 Å². The molecule has 1 aromatic rings. The Morgan fingerprint density at radius 3 is 2.62 bits per heavy atom. The van der Waals surface area contributed by atoms with Crippen molar-refractivity contribution in [1.29, 1.82) is 0 Å². The number of nitrogens with one attached hydrogen (secondary N) is 2. The highest BCUT2D eigenvalue weighted by atomic mass is 32.2. The molecule has 0 unspecified atom stereocenters. The second-order valence-corrected chi connectivity index (χ2v) is 5.74. The molecular formula is C12H16N2S2. The molecule has 2 N–H and O–H groups in total. The van der Waals surface area contributed by atoms with Crippen molar-refractivity contribution < 1.29 is 0 Å². The second-order valence-electron chi connectivity index (χ2n) is 4.06. The lowest BCUT2D eigenvalue weighted by atomic mass is 10.3. The maximum atomic E-state index is 5.25. The third kappa shape index (κ3) is 3.12. The highest BCUT2D eigenvalue weighted by Crippen LogP contribution is 2.46. The van der Waals surface area contributed by atoms with Crippen molar-refractivity contribution in [3.05, 3.63) is 30.3 Å². The van der Waals surface area contributed by atoms with Crippen molar-refractivity contribution in [3.63, 3.8) is 0 Å². The van der Waals surface area contributed by atoms with E-state index in [1.165, 1.54) is 12.8 Å². The molecule has 2 nitrogen and oxygen atoms in total. The number of thiocarbonyl (C=S) groups is 1. The van der Waals surface area contributed by atoms with Crippen LogP contribution in [0, 0.1) is 0 Å². The highest BCUT2D eigenvalue weighted by molar-refractivity contribution is 8.00. The van der Waals surface area contributed by atoms with Crippen LogP contribution >= 0.6 is 24.0 Å². The summed E-state index contributed by atoms with van der Waals surface area (Å²) in [5.41, 5.74) is 1.04. The Balaban J connectivity index is 1.77. The molecule has 0 aliphatic heterocycles. The molecule has 1 aliphatic rings. The van der Waals surface area contributed by atoms with Crippen molar-refractivity contribution in [1.82, 2.24) is 5.32 Å². The summed E-state index contributed by atoms with van der Waals surface area (Å²) in [5, 5.41) is 7.18. The first-order valence-corrected chi connectivity index (χ1v) is 7.02. The second kappa shape index (κ2) is 5.06. The summed E-state index contributed by atoms with van der Waals surface area (Å²) >= 11 is 7.18. The number of hydrogen-bond donors (Lipinski definition) is 2. The number of anilines is 1. The largest absolute Gasteiger partial charge is 0.361 e. The molecule has 16 heavy (non-hydrogen) atoms. The third-order valence-corrected chi connectivity index (χ3v) is 4.51. The van der Waals surface area contributed by atoms with E-state index in [0.29, 0.717) is 9.86 Å². The van der Waals surface area contributed by atoms with E-state index in [4.69, 9.17) is 12.2 Å². The van der Waals surface area contributed by atoms with E-state index in [2.05, 4.69) is 16.9 Å². The molecule has 4 heteroatoms. The van der Waals surface area contributed by atoms with Crippen LogP contribution in [0.5, 0.6) is 0 Å². The number of para-hydroxylation sites is 1. The Labute approximate surface area is 106 Å². The summed E-state index contributed by atoms with van der Waals surface area (Å²) in [4.78, 5) is 0. The molecule has 1 aliphatic carbocycles. The molecule has 0 aromatic heterocycles. The van der Waals surface area contributed by atoms with Gasteiger partial charge in [-0.25, -0.2) is 0 Å². The fraction of sp³-hybridized carbons (Fsp3) is 0.417. The molecule has 0 amide bonds. The van der Waals surface area contributed by atoms with Crippen LogP contribution in [0.25, 0.3) is 0 Å². The molecule has 0 heterocycles. The Kier molecular flexibility index (Phi) is 3.71. The predicted molar refractivity (Wildman–Crippen MR) is 76.1 cm³/mol. The summed E-state index contributed by atoms with van der Waals surface area (Å²) in [6.45, 7) is 0.965. The Morgan fingerprint density at radius 2 is 2.06 bits per heavy atom. The van der Waals surface area contributed by atoms with E-state index in [0.717, 1.165) is 12.2 Å². The number of hydrogen-bond acceptors (Lipinski definition) is 2. The molecule has 0 radical (unpaired) electrons. The summed E-state index contributed by atoms with van der Waals surface area (Å²) in [7, 11) is 0. The lowest BCUT2D eigenvalue weighted by molar-refractivity contribution is 0.823. The van der Waals surface area contributed by atoms with Crippen LogP contribution in [-0.4, -0.2) is 22.7 Å². The maximum absolute atomic E-state index is 5.25. The van der Waals surface area contributed by atoms with E-state index in [1.54, 1.807) is 0 Å². The fourth-order valence-corrected chi connectivity index (χ4v) is 2.45. The van der Waals surface area contributed by atoms with Crippen LogP contribution in [0.15, 0.2) is 30.3 Å². The van der Waals surface area contributed by atoms with Crippen molar-refractivity contribution in [2.24, 2.45) is 0 Å². The first-order chi connectivity index (χ1) is 7.74. The van der Waals surface area contributed by atoms with Gasteiger partial charge in [0.2, 0.25) is 0 Å². The zero-order valence-corrected chi connectivity index (χ0v) is 11.0. The van der Waals surface area contributed by atoms with E-state index in [-0.39, 0.29) is 0 Å². The van der Waals surface area contributed by atoms with Gasteiger partial charge in [0.1, 0.15) is 0 Å². The van der Waals surface area contributed by atoms with Crippen molar-refractivity contribution in [2.75, 3.05) is 18.1 Å². The Bertz CT molecular complexity index is 361. The van der Waals surface area contributed by atoms with E-state index >= 15 is 0 Å². The smallest absolute Gasteiger partial charge is 0.170 e. The van der Waals surface area contributed by atoms with E-state index in [9.17, 15) is 0 Å². The van der Waals surface area contributed by atoms with Gasteiger partial charge in [-0.15, -0.1) is 0 Å². The normalized spacial score (nSPS) is 16.6. The molecule has 1 aromatic carbocycles. The first-order valence-electron chi connectivity index (χ1n) is 5.39. The van der Waals surface area contributed by atoms with Gasteiger partial charge in [-0.1, -0.05) is 18.2 Å². The summed E-state index contributed by atoms with van der Waals surface area (Å²) in [6, 6.07) is 10.0. The Morgan fingerprint density at radius 1 is 1.38 bits per heavy atom. The van der Waals surface area contributed by atoms with E-state index in [1.807, 2.05) is 42.1 Å². The summed E-state index contributed by atoms with van der Waals surface area (Å²) in [5.74, 6) is 0. The monoisotopic (exact) mass is 252 g/mol. The van der Waals surface area contributed by atoms with Crippen molar-refractivity contribution >= 4 is 34.8 Å². The minimum absolute atomic E-state index is 0.447. The molecule has 86 valence electrons. The maximum Gasteiger partial charge on any atom is 0.170 e. The van der Waals surface area contributed by atoms with Gasteiger partial charge < -0.3 is 10.6 Å². The van der Waals surface area contributed by atoms with Gasteiger partial charge in [-0.05, 0) is 43.4 Å². The van der Waals surface area contributed by atoms with Crippen molar-refractivity contribution in [2.45, 2.75) is 17.6 Å². The standard InChI is InChI=1S/C12H16N2S2/c1-16-12(7-8-12)9-13-11(15)14-10-5-3-2-4-6-10/h2-6H,7-9H2,1H3,(H2,13,14,15). The lowest BCUT2D eigenvalue weighted by Gasteiger charge is -2.15. The molecule has 1 fully saturated rings. The van der Waals surface area contributed by atoms with E-state index < -0.39 is 0 Å². The summed E-state index contributed by atoms with van der Waals surface area (Å²) in [6.07, 6.45) is 4.77. The zero-order valence-electron chi connectivity index (χ0n) is 9.32. The molecular weight excluding hydrogens is 236 g/mol. The van der Waals surface area contributed by atoms with Gasteiger partial charge in [0.25, 0.3) is 0 Å². The van der Waals surface area contributed by atoms with Crippen LogP contribution in [0.2, 0.25) is 0 Å². The zero-order chi connectivity index (χ0) is 11.4. The molecule has 0 saturated heterocycles. The molecule has 2 rings (SSSR count). The highest BCUT2D eigenvalue weighted by Gasteiger charge is 2.41.